The molecule has 0 atom stereocenters. The molecule has 0 aliphatic rings. The number of carbonyl (C=O) groups excluding carboxylic acids is 2. The van der Waals surface area contributed by atoms with Crippen LogP contribution in [0.3, 0.4) is 0 Å². The van der Waals surface area contributed by atoms with Crippen molar-refractivity contribution in [1.82, 2.24) is 5.32 Å². The number of anilines is 1. The molecule has 0 radical (unpaired) electrons. The van der Waals surface area contributed by atoms with Gasteiger partial charge in [0.05, 0.1) is 7.11 Å². The van der Waals surface area contributed by atoms with Crippen molar-refractivity contribution in [2.75, 3.05) is 19.0 Å². The topological polar surface area (TPSA) is 67.4 Å². The third-order valence-electron chi connectivity index (χ3n) is 2.23. The first-order chi connectivity index (χ1) is 8.02. The number of hydrogen-bond acceptors (Lipinski definition) is 3. The summed E-state index contributed by atoms with van der Waals surface area (Å²) >= 11 is 0. The van der Waals surface area contributed by atoms with Gasteiger partial charge in [0.1, 0.15) is 6.54 Å². The van der Waals surface area contributed by atoms with Crippen LogP contribution in [-0.4, -0.2) is 25.7 Å². The highest BCUT2D eigenvalue weighted by Gasteiger charge is 2.06. The van der Waals surface area contributed by atoms with Crippen molar-refractivity contribution in [3.63, 3.8) is 0 Å². The number of rotatable bonds is 3. The molecular weight excluding hydrogens is 220 g/mol. The van der Waals surface area contributed by atoms with E-state index in [-0.39, 0.29) is 12.5 Å². The molecule has 92 valence electrons. The number of nitrogens with one attached hydrogen (secondary N) is 2. The highest BCUT2D eigenvalue weighted by Crippen LogP contribution is 2.15. The summed E-state index contributed by atoms with van der Waals surface area (Å²) in [6.45, 7) is 3.79. The maximum atomic E-state index is 11.5. The van der Waals surface area contributed by atoms with Crippen molar-refractivity contribution >= 4 is 17.7 Å². The molecule has 0 aliphatic carbocycles. The Labute approximate surface area is 100 Å². The number of aryl methyl sites for hydroxylation is 2. The molecule has 5 heteroatoms. The molecule has 0 spiro atoms. The fraction of sp³-hybridized carbons (Fsp3) is 0.333. The van der Waals surface area contributed by atoms with Gasteiger partial charge in [-0.1, -0.05) is 17.7 Å². The summed E-state index contributed by atoms with van der Waals surface area (Å²) in [5.41, 5.74) is 2.86. The van der Waals surface area contributed by atoms with Gasteiger partial charge < -0.3 is 15.4 Å². The van der Waals surface area contributed by atoms with Crippen LogP contribution in [0.4, 0.5) is 10.5 Å². The Balaban J connectivity index is 2.53. The molecule has 17 heavy (non-hydrogen) atoms. The van der Waals surface area contributed by atoms with E-state index >= 15 is 0 Å². The lowest BCUT2D eigenvalue weighted by Crippen LogP contribution is -2.32. The van der Waals surface area contributed by atoms with E-state index in [1.165, 1.54) is 7.11 Å². The number of amides is 2. The molecule has 0 unspecified atom stereocenters. The predicted molar refractivity (Wildman–Crippen MR) is 65.0 cm³/mol. The Kier molecular flexibility index (Phi) is 4.51. The minimum Gasteiger partial charge on any atom is -0.453 e. The van der Waals surface area contributed by atoms with Crippen LogP contribution in [0.25, 0.3) is 0 Å². The van der Waals surface area contributed by atoms with Gasteiger partial charge in [0, 0.05) is 5.69 Å². The molecule has 0 saturated heterocycles. The standard InChI is InChI=1S/C12H16N2O3/c1-8-4-5-10(9(2)6-8)14-11(15)7-13-12(16)17-3/h4-6H,7H2,1-3H3,(H,13,16)(H,14,15). The number of carbonyl (C=O) groups is 2. The third-order valence-corrected chi connectivity index (χ3v) is 2.23. The second-order valence-corrected chi connectivity index (χ2v) is 3.71. The Hall–Kier alpha value is -2.04. The molecule has 2 N–H and O–H groups in total. The average molecular weight is 236 g/mol. The summed E-state index contributed by atoms with van der Waals surface area (Å²) in [7, 11) is 1.25. The molecule has 0 saturated carbocycles. The highest BCUT2D eigenvalue weighted by molar-refractivity contribution is 5.94. The number of methoxy groups -OCH3 is 1. The van der Waals surface area contributed by atoms with Crippen molar-refractivity contribution in [2.45, 2.75) is 13.8 Å². The molecule has 0 aromatic heterocycles. The summed E-state index contributed by atoms with van der Waals surface area (Å²) in [4.78, 5) is 22.3. The summed E-state index contributed by atoms with van der Waals surface area (Å²) in [5, 5.41) is 5.02. The maximum Gasteiger partial charge on any atom is 0.407 e. The van der Waals surface area contributed by atoms with Crippen molar-refractivity contribution in [3.05, 3.63) is 29.3 Å². The smallest absolute Gasteiger partial charge is 0.407 e. The van der Waals surface area contributed by atoms with Gasteiger partial charge in [0.25, 0.3) is 0 Å². The van der Waals surface area contributed by atoms with Crippen molar-refractivity contribution in [2.24, 2.45) is 0 Å². The quantitative estimate of drug-likeness (QED) is 0.837. The van der Waals surface area contributed by atoms with Crippen LogP contribution >= 0.6 is 0 Å². The van der Waals surface area contributed by atoms with Crippen LogP contribution in [0.15, 0.2) is 18.2 Å². The zero-order chi connectivity index (χ0) is 12.8. The van der Waals surface area contributed by atoms with E-state index in [0.717, 1.165) is 16.8 Å². The number of alkyl carbamates (subject to hydrolysis) is 1. The van der Waals surface area contributed by atoms with E-state index in [0.29, 0.717) is 0 Å². The van der Waals surface area contributed by atoms with Gasteiger partial charge in [-0.3, -0.25) is 4.79 Å². The highest BCUT2D eigenvalue weighted by atomic mass is 16.5. The first kappa shape index (κ1) is 13.0. The zero-order valence-corrected chi connectivity index (χ0v) is 10.2. The molecule has 1 aromatic carbocycles. The lowest BCUT2D eigenvalue weighted by Gasteiger charge is -2.09. The van der Waals surface area contributed by atoms with Gasteiger partial charge in [0.2, 0.25) is 5.91 Å². The molecule has 0 fully saturated rings. The van der Waals surface area contributed by atoms with Gasteiger partial charge in [-0.05, 0) is 25.5 Å². The summed E-state index contributed by atoms with van der Waals surface area (Å²) < 4.78 is 4.36. The second kappa shape index (κ2) is 5.89. The fourth-order valence-electron chi connectivity index (χ4n) is 1.37. The summed E-state index contributed by atoms with van der Waals surface area (Å²) in [5.74, 6) is -0.289. The zero-order valence-electron chi connectivity index (χ0n) is 10.2. The number of ether oxygens (including phenoxy) is 1. The maximum absolute atomic E-state index is 11.5. The van der Waals surface area contributed by atoms with E-state index in [1.54, 1.807) is 0 Å². The van der Waals surface area contributed by atoms with Crippen LogP contribution in [-0.2, 0) is 9.53 Å². The number of benzene rings is 1. The Bertz CT molecular complexity index is 430. The first-order valence-electron chi connectivity index (χ1n) is 5.22. The summed E-state index contributed by atoms with van der Waals surface area (Å²) in [6.07, 6.45) is -0.624. The molecular formula is C12H16N2O3. The van der Waals surface area contributed by atoms with Crippen molar-refractivity contribution in [3.8, 4) is 0 Å². The van der Waals surface area contributed by atoms with Crippen LogP contribution in [0.1, 0.15) is 11.1 Å². The average Bonchev–Trinajstić information content (AvgIpc) is 2.29. The van der Waals surface area contributed by atoms with Gasteiger partial charge in [0.15, 0.2) is 0 Å². The van der Waals surface area contributed by atoms with Gasteiger partial charge in [-0.15, -0.1) is 0 Å². The molecule has 0 heterocycles. The normalized spacial score (nSPS) is 9.59. The Morgan fingerprint density at radius 1 is 1.29 bits per heavy atom. The van der Waals surface area contributed by atoms with E-state index < -0.39 is 6.09 Å². The van der Waals surface area contributed by atoms with Gasteiger partial charge in [-0.25, -0.2) is 4.79 Å². The minimum atomic E-state index is -0.624. The first-order valence-corrected chi connectivity index (χ1v) is 5.22. The Morgan fingerprint density at radius 3 is 2.59 bits per heavy atom. The molecule has 0 aliphatic heterocycles. The Morgan fingerprint density at radius 2 is 2.00 bits per heavy atom. The third kappa shape index (κ3) is 4.14. The monoisotopic (exact) mass is 236 g/mol. The van der Waals surface area contributed by atoms with E-state index in [9.17, 15) is 9.59 Å². The van der Waals surface area contributed by atoms with E-state index in [2.05, 4.69) is 15.4 Å². The van der Waals surface area contributed by atoms with Gasteiger partial charge in [-0.2, -0.15) is 0 Å². The van der Waals surface area contributed by atoms with Gasteiger partial charge >= 0.3 is 6.09 Å². The van der Waals surface area contributed by atoms with Crippen LogP contribution < -0.4 is 10.6 Å². The summed E-state index contributed by atoms with van der Waals surface area (Å²) in [6, 6.07) is 5.72. The lowest BCUT2D eigenvalue weighted by molar-refractivity contribution is -0.115. The predicted octanol–water partition coefficient (Wildman–Crippen LogP) is 1.60. The van der Waals surface area contributed by atoms with Crippen LogP contribution in [0, 0.1) is 13.8 Å². The van der Waals surface area contributed by atoms with Crippen molar-refractivity contribution < 1.29 is 14.3 Å². The largest absolute Gasteiger partial charge is 0.453 e. The van der Waals surface area contributed by atoms with Crippen LogP contribution in [0.5, 0.6) is 0 Å². The molecule has 5 nitrogen and oxygen atoms in total. The van der Waals surface area contributed by atoms with Crippen molar-refractivity contribution in [1.29, 1.82) is 0 Å². The molecule has 1 rings (SSSR count). The number of hydrogen-bond donors (Lipinski definition) is 2. The minimum absolute atomic E-state index is 0.111. The van der Waals surface area contributed by atoms with E-state index in [4.69, 9.17) is 0 Å². The molecule has 0 bridgehead atoms. The molecule has 1 aromatic rings. The second-order valence-electron chi connectivity index (χ2n) is 3.71. The lowest BCUT2D eigenvalue weighted by atomic mass is 10.1. The van der Waals surface area contributed by atoms with Crippen LogP contribution in [0.2, 0.25) is 0 Å². The molecule has 2 amide bonds. The fourth-order valence-corrected chi connectivity index (χ4v) is 1.37. The SMILES string of the molecule is COC(=O)NCC(=O)Nc1ccc(C)cc1C. The van der Waals surface area contributed by atoms with E-state index in [1.807, 2.05) is 32.0 Å².